The van der Waals surface area contributed by atoms with Crippen molar-refractivity contribution in [1.82, 2.24) is 4.98 Å². The molecule has 0 spiro atoms. The van der Waals surface area contributed by atoms with Gasteiger partial charge in [0.05, 0.1) is 20.6 Å². The van der Waals surface area contributed by atoms with E-state index in [2.05, 4.69) is 26.2 Å². The predicted molar refractivity (Wildman–Crippen MR) is 123 cm³/mol. The van der Waals surface area contributed by atoms with Crippen LogP contribution in [0.15, 0.2) is 63.5 Å². The van der Waals surface area contributed by atoms with E-state index in [9.17, 15) is 4.79 Å². The molecular weight excluding hydrogens is 515 g/mol. The number of oxazole rings is 1. The summed E-state index contributed by atoms with van der Waals surface area (Å²) in [5.74, 6) is 0.385. The van der Waals surface area contributed by atoms with Crippen LogP contribution in [0.5, 0.6) is 5.75 Å². The van der Waals surface area contributed by atoms with Gasteiger partial charge in [0.25, 0.3) is 5.91 Å². The minimum absolute atomic E-state index is 0.253. The molecule has 0 saturated carbocycles. The molecule has 0 bridgehead atoms. The van der Waals surface area contributed by atoms with Gasteiger partial charge in [-0.15, -0.1) is 0 Å². The minimum Gasteiger partial charge on any atom is -0.482 e. The van der Waals surface area contributed by atoms with Gasteiger partial charge in [0.1, 0.15) is 11.3 Å². The van der Waals surface area contributed by atoms with Gasteiger partial charge in [-0.25, -0.2) is 4.98 Å². The average Bonchev–Trinajstić information content (AvgIpc) is 3.13. The Morgan fingerprint density at radius 1 is 1.03 bits per heavy atom. The van der Waals surface area contributed by atoms with Crippen LogP contribution in [0.2, 0.25) is 15.1 Å². The fourth-order valence-corrected chi connectivity index (χ4v) is 3.76. The third-order valence-corrected chi connectivity index (χ3v) is 5.82. The first-order chi connectivity index (χ1) is 14.4. The van der Waals surface area contributed by atoms with Crippen LogP contribution in [0, 0.1) is 0 Å². The number of nitrogens with one attached hydrogen (secondary N) is 1. The zero-order valence-corrected chi connectivity index (χ0v) is 18.9. The van der Waals surface area contributed by atoms with Gasteiger partial charge in [-0.2, -0.15) is 0 Å². The summed E-state index contributed by atoms with van der Waals surface area (Å²) in [6.07, 6.45) is 0. The summed E-state index contributed by atoms with van der Waals surface area (Å²) in [5, 5.41) is 3.61. The maximum Gasteiger partial charge on any atom is 0.262 e. The maximum absolute atomic E-state index is 12.3. The predicted octanol–water partition coefficient (Wildman–Crippen LogP) is 7.24. The number of ether oxygens (including phenoxy) is 1. The van der Waals surface area contributed by atoms with Gasteiger partial charge in [0.2, 0.25) is 5.89 Å². The molecule has 0 aliphatic heterocycles. The summed E-state index contributed by atoms with van der Waals surface area (Å²) in [4.78, 5) is 16.8. The van der Waals surface area contributed by atoms with Crippen molar-refractivity contribution in [3.63, 3.8) is 0 Å². The van der Waals surface area contributed by atoms with Crippen LogP contribution < -0.4 is 10.1 Å². The highest BCUT2D eigenvalue weighted by atomic mass is 79.9. The molecule has 0 saturated heterocycles. The van der Waals surface area contributed by atoms with E-state index < -0.39 is 0 Å². The van der Waals surface area contributed by atoms with Gasteiger partial charge in [-0.05, 0) is 52.3 Å². The minimum atomic E-state index is -0.369. The molecule has 5 nitrogen and oxygen atoms in total. The number of rotatable bonds is 5. The van der Waals surface area contributed by atoms with Crippen molar-refractivity contribution in [2.75, 3.05) is 11.9 Å². The fourth-order valence-electron chi connectivity index (χ4n) is 2.71. The molecule has 1 N–H and O–H groups in total. The number of amides is 1. The quantitative estimate of drug-likeness (QED) is 0.279. The monoisotopic (exact) mass is 524 g/mol. The zero-order chi connectivity index (χ0) is 21.3. The number of aromatic nitrogens is 1. The standard InChI is InChI=1S/C21H12BrCl3N2O3/c22-13-4-2-1-3-12(13)21-27-17-7-11(5-6-18(17)30-21)26-20(28)10-29-19-9-15(24)14(23)8-16(19)25/h1-9H,10H2,(H,26,28). The number of hydrogen-bond acceptors (Lipinski definition) is 4. The van der Waals surface area contributed by atoms with Crippen LogP contribution in [0.4, 0.5) is 5.69 Å². The van der Waals surface area contributed by atoms with Crippen LogP contribution in [0.25, 0.3) is 22.6 Å². The first-order valence-electron chi connectivity index (χ1n) is 8.63. The molecule has 152 valence electrons. The van der Waals surface area contributed by atoms with Crippen LogP contribution in [-0.4, -0.2) is 17.5 Å². The van der Waals surface area contributed by atoms with E-state index in [1.165, 1.54) is 12.1 Å². The lowest BCUT2D eigenvalue weighted by molar-refractivity contribution is -0.118. The van der Waals surface area contributed by atoms with Crippen molar-refractivity contribution in [3.05, 3.63) is 74.1 Å². The summed E-state index contributed by atoms with van der Waals surface area (Å²) in [5.41, 5.74) is 2.62. The van der Waals surface area contributed by atoms with Gasteiger partial charge >= 0.3 is 0 Å². The molecule has 1 heterocycles. The van der Waals surface area contributed by atoms with E-state index in [1.54, 1.807) is 18.2 Å². The molecule has 1 amide bonds. The largest absolute Gasteiger partial charge is 0.482 e. The Kier molecular flexibility index (Phi) is 6.20. The second-order valence-electron chi connectivity index (χ2n) is 6.21. The molecule has 0 aliphatic rings. The third-order valence-electron chi connectivity index (χ3n) is 4.11. The van der Waals surface area contributed by atoms with Crippen molar-refractivity contribution in [2.24, 2.45) is 0 Å². The number of nitrogens with zero attached hydrogens (tertiary/aromatic N) is 1. The normalized spacial score (nSPS) is 10.9. The molecule has 0 unspecified atom stereocenters. The highest BCUT2D eigenvalue weighted by Gasteiger charge is 2.13. The molecule has 4 rings (SSSR count). The van der Waals surface area contributed by atoms with Crippen molar-refractivity contribution in [1.29, 1.82) is 0 Å². The van der Waals surface area contributed by atoms with Gasteiger partial charge in [-0.1, -0.05) is 46.9 Å². The van der Waals surface area contributed by atoms with E-state index >= 15 is 0 Å². The Balaban J connectivity index is 1.47. The Bertz CT molecular complexity index is 1260. The molecule has 0 aliphatic carbocycles. The SMILES string of the molecule is O=C(COc1cc(Cl)c(Cl)cc1Cl)Nc1ccc2oc(-c3ccccc3Br)nc2c1. The molecule has 1 aromatic heterocycles. The molecule has 30 heavy (non-hydrogen) atoms. The molecule has 0 fully saturated rings. The second-order valence-corrected chi connectivity index (χ2v) is 8.29. The van der Waals surface area contributed by atoms with Crippen LogP contribution >= 0.6 is 50.7 Å². The highest BCUT2D eigenvalue weighted by molar-refractivity contribution is 9.10. The summed E-state index contributed by atoms with van der Waals surface area (Å²) in [6.45, 7) is -0.253. The van der Waals surface area contributed by atoms with Crippen molar-refractivity contribution in [2.45, 2.75) is 0 Å². The topological polar surface area (TPSA) is 64.4 Å². The number of carbonyl (C=O) groups excluding carboxylic acids is 1. The lowest BCUT2D eigenvalue weighted by Gasteiger charge is -2.09. The Morgan fingerprint density at radius 3 is 2.60 bits per heavy atom. The van der Waals surface area contributed by atoms with E-state index in [1.807, 2.05) is 24.3 Å². The molecular formula is C21H12BrCl3N2O3. The molecule has 4 aromatic rings. The van der Waals surface area contributed by atoms with Crippen molar-refractivity contribution < 1.29 is 13.9 Å². The van der Waals surface area contributed by atoms with Crippen molar-refractivity contribution >= 4 is 73.4 Å². The summed E-state index contributed by atoms with van der Waals surface area (Å²) < 4.78 is 12.1. The molecule has 0 atom stereocenters. The Hall–Kier alpha value is -2.25. The first-order valence-corrected chi connectivity index (χ1v) is 10.6. The number of halogens is 4. The molecule has 0 radical (unpaired) electrons. The number of anilines is 1. The average molecular weight is 527 g/mol. The number of benzene rings is 3. The lowest BCUT2D eigenvalue weighted by Crippen LogP contribution is -2.20. The number of hydrogen-bond donors (Lipinski definition) is 1. The third kappa shape index (κ3) is 4.57. The van der Waals surface area contributed by atoms with Gasteiger partial charge < -0.3 is 14.5 Å². The van der Waals surface area contributed by atoms with Gasteiger partial charge in [0, 0.05) is 16.2 Å². The van der Waals surface area contributed by atoms with Crippen LogP contribution in [-0.2, 0) is 4.79 Å². The molecule has 9 heteroatoms. The van der Waals surface area contributed by atoms with E-state index in [0.717, 1.165) is 10.0 Å². The van der Waals surface area contributed by atoms with Crippen LogP contribution in [0.1, 0.15) is 0 Å². The molecule has 3 aromatic carbocycles. The van der Waals surface area contributed by atoms with Crippen LogP contribution in [0.3, 0.4) is 0 Å². The van der Waals surface area contributed by atoms with E-state index in [4.69, 9.17) is 44.0 Å². The van der Waals surface area contributed by atoms with E-state index in [0.29, 0.717) is 27.7 Å². The smallest absolute Gasteiger partial charge is 0.262 e. The maximum atomic E-state index is 12.3. The van der Waals surface area contributed by atoms with Crippen molar-refractivity contribution in [3.8, 4) is 17.2 Å². The second kappa shape index (κ2) is 8.86. The lowest BCUT2D eigenvalue weighted by atomic mass is 10.2. The summed E-state index contributed by atoms with van der Waals surface area (Å²) in [7, 11) is 0. The number of fused-ring (bicyclic) bond motifs is 1. The Morgan fingerprint density at radius 2 is 1.80 bits per heavy atom. The Labute approximate surface area is 195 Å². The highest BCUT2D eigenvalue weighted by Crippen LogP contribution is 2.34. The number of carbonyl (C=O) groups is 1. The van der Waals surface area contributed by atoms with Gasteiger partial charge in [-0.3, -0.25) is 4.79 Å². The fraction of sp³-hybridized carbons (Fsp3) is 0.0476. The first kappa shape index (κ1) is 21.0. The van der Waals surface area contributed by atoms with E-state index in [-0.39, 0.29) is 28.3 Å². The van der Waals surface area contributed by atoms with Gasteiger partial charge in [0.15, 0.2) is 12.2 Å². The zero-order valence-electron chi connectivity index (χ0n) is 15.1. The summed E-state index contributed by atoms with van der Waals surface area (Å²) in [6, 6.07) is 15.8. The summed E-state index contributed by atoms with van der Waals surface area (Å²) >= 11 is 21.4.